The summed E-state index contributed by atoms with van der Waals surface area (Å²) in [7, 11) is 0. The van der Waals surface area contributed by atoms with Gasteiger partial charge in [0.05, 0.1) is 10.9 Å². The minimum Gasteiger partial charge on any atom is -0.506 e. The summed E-state index contributed by atoms with van der Waals surface area (Å²) in [4.78, 5) is 3.83. The third-order valence-electron chi connectivity index (χ3n) is 1.73. The summed E-state index contributed by atoms with van der Waals surface area (Å²) >= 11 is 5.24. The summed E-state index contributed by atoms with van der Waals surface area (Å²) in [6.07, 6.45) is 4.56. The first-order valence-electron chi connectivity index (χ1n) is 4.91. The van der Waals surface area contributed by atoms with E-state index in [1.165, 1.54) is 0 Å². The Labute approximate surface area is 95.6 Å². The van der Waals surface area contributed by atoms with Crippen LogP contribution in [0.25, 0.3) is 0 Å². The zero-order chi connectivity index (χ0) is 11.7. The van der Waals surface area contributed by atoms with Crippen LogP contribution in [0.4, 0.5) is 0 Å². The topological polar surface area (TPSA) is 57.0 Å². The summed E-state index contributed by atoms with van der Waals surface area (Å²) in [5, 5.41) is 15.9. The van der Waals surface area contributed by atoms with E-state index in [1.54, 1.807) is 25.3 Å². The molecule has 0 saturated carbocycles. The van der Waals surface area contributed by atoms with Crippen molar-refractivity contribution in [3.8, 4) is 5.75 Å². The van der Waals surface area contributed by atoms with Crippen molar-refractivity contribution < 1.29 is 5.11 Å². The van der Waals surface area contributed by atoms with Crippen molar-refractivity contribution in [3.63, 3.8) is 0 Å². The molecule has 0 fully saturated rings. The molecule has 15 heavy (non-hydrogen) atoms. The molecule has 0 amide bonds. The number of rotatable bonds is 3. The lowest BCUT2D eigenvalue weighted by Crippen LogP contribution is -1.81. The molecule has 1 rings (SSSR count). The molecule has 0 spiro atoms. The van der Waals surface area contributed by atoms with Gasteiger partial charge >= 0.3 is 0 Å². The largest absolute Gasteiger partial charge is 0.506 e. The molecule has 84 valence electrons. The Hall–Kier alpha value is -1.09. The molecule has 0 saturated heterocycles. The Kier molecular flexibility index (Phi) is 7.64. The van der Waals surface area contributed by atoms with Crippen LogP contribution in [0.1, 0.15) is 31.9 Å². The lowest BCUT2D eigenvalue weighted by molar-refractivity contribution is 0.467. The maximum Gasteiger partial charge on any atom is 0.136 e. The molecule has 0 aliphatic heterocycles. The van der Waals surface area contributed by atoms with Crippen molar-refractivity contribution in [3.05, 3.63) is 24.0 Å². The van der Waals surface area contributed by atoms with E-state index in [0.717, 1.165) is 19.3 Å². The van der Waals surface area contributed by atoms with Crippen molar-refractivity contribution in [1.82, 2.24) is 4.98 Å². The molecule has 1 heterocycles. The van der Waals surface area contributed by atoms with Crippen molar-refractivity contribution >= 4 is 16.8 Å². The lowest BCUT2D eigenvalue weighted by atomic mass is 10.3. The van der Waals surface area contributed by atoms with Crippen molar-refractivity contribution in [2.24, 2.45) is 0 Å². The van der Waals surface area contributed by atoms with Crippen molar-refractivity contribution in [1.29, 1.82) is 5.41 Å². The summed E-state index contributed by atoms with van der Waals surface area (Å²) in [6.45, 7) is 3.84. The molecule has 1 aromatic heterocycles. The average molecular weight is 229 g/mol. The standard InChI is InChI=1S/C6H7NO.C5H10ClN/c1-5-6(8)3-2-4-7-5;1-2-3-4-5(6)7/h2-4,8H,1H3;7H,2-4H2,1H3. The van der Waals surface area contributed by atoms with Crippen LogP contribution in [-0.2, 0) is 0 Å². The van der Waals surface area contributed by atoms with E-state index in [4.69, 9.17) is 22.1 Å². The molecule has 0 aromatic carbocycles. The van der Waals surface area contributed by atoms with E-state index in [9.17, 15) is 0 Å². The van der Waals surface area contributed by atoms with Crippen LogP contribution in [0.15, 0.2) is 18.3 Å². The van der Waals surface area contributed by atoms with E-state index >= 15 is 0 Å². The molecule has 0 aliphatic rings. The number of unbranched alkanes of at least 4 members (excludes halogenated alkanes) is 1. The highest BCUT2D eigenvalue weighted by Gasteiger charge is 1.88. The zero-order valence-electron chi connectivity index (χ0n) is 9.13. The third kappa shape index (κ3) is 7.94. The first-order chi connectivity index (χ1) is 7.07. The number of pyridine rings is 1. The van der Waals surface area contributed by atoms with Crippen LogP contribution in [0.5, 0.6) is 5.75 Å². The van der Waals surface area contributed by atoms with Gasteiger partial charge < -0.3 is 5.11 Å². The molecule has 0 unspecified atom stereocenters. The van der Waals surface area contributed by atoms with Gasteiger partial charge in [-0.25, -0.2) is 0 Å². The van der Waals surface area contributed by atoms with Gasteiger partial charge in [0.2, 0.25) is 0 Å². The first-order valence-corrected chi connectivity index (χ1v) is 5.29. The second-order valence-corrected chi connectivity index (χ2v) is 3.57. The highest BCUT2D eigenvalue weighted by atomic mass is 35.5. The second-order valence-electron chi connectivity index (χ2n) is 3.12. The predicted octanol–water partition coefficient (Wildman–Crippen LogP) is 3.49. The normalized spacial score (nSPS) is 9.00. The number of hydrogen-bond donors (Lipinski definition) is 2. The number of nitrogens with zero attached hydrogens (tertiary/aromatic N) is 1. The maximum absolute atomic E-state index is 8.86. The highest BCUT2D eigenvalue weighted by Crippen LogP contribution is 2.08. The van der Waals surface area contributed by atoms with Crippen molar-refractivity contribution in [2.45, 2.75) is 33.1 Å². The Balaban J connectivity index is 0.000000265. The van der Waals surface area contributed by atoms with Crippen LogP contribution in [-0.4, -0.2) is 15.3 Å². The van der Waals surface area contributed by atoms with Crippen LogP contribution in [0.2, 0.25) is 0 Å². The molecule has 1 aromatic rings. The third-order valence-corrected chi connectivity index (χ3v) is 1.92. The van der Waals surface area contributed by atoms with Gasteiger partial charge in [-0.1, -0.05) is 24.9 Å². The summed E-state index contributed by atoms with van der Waals surface area (Å²) < 4.78 is 0. The quantitative estimate of drug-likeness (QED) is 0.779. The number of hydrogen-bond acceptors (Lipinski definition) is 3. The minimum absolute atomic E-state index is 0.257. The van der Waals surface area contributed by atoms with Crippen LogP contribution in [0, 0.1) is 12.3 Å². The zero-order valence-corrected chi connectivity index (χ0v) is 9.88. The highest BCUT2D eigenvalue weighted by molar-refractivity contribution is 6.64. The lowest BCUT2D eigenvalue weighted by Gasteiger charge is -1.91. The molecular weight excluding hydrogens is 212 g/mol. The fraction of sp³-hybridized carbons (Fsp3) is 0.455. The van der Waals surface area contributed by atoms with E-state index in [2.05, 4.69) is 11.9 Å². The molecule has 3 nitrogen and oxygen atoms in total. The Morgan fingerprint density at radius 1 is 1.60 bits per heavy atom. The fourth-order valence-corrected chi connectivity index (χ4v) is 0.941. The molecule has 2 N–H and O–H groups in total. The van der Waals surface area contributed by atoms with Gasteiger partial charge in [-0.3, -0.25) is 10.4 Å². The summed E-state index contributed by atoms with van der Waals surface area (Å²) in [5.74, 6) is 0.257. The molecule has 0 atom stereocenters. The molecule has 0 aliphatic carbocycles. The van der Waals surface area contributed by atoms with Gasteiger partial charge in [0.1, 0.15) is 5.75 Å². The van der Waals surface area contributed by atoms with Gasteiger partial charge in [-0.15, -0.1) is 0 Å². The Morgan fingerprint density at radius 3 is 2.53 bits per heavy atom. The smallest absolute Gasteiger partial charge is 0.136 e. The van der Waals surface area contributed by atoms with Gasteiger partial charge in [0.25, 0.3) is 0 Å². The van der Waals surface area contributed by atoms with Gasteiger partial charge in [0, 0.05) is 6.20 Å². The summed E-state index contributed by atoms with van der Waals surface area (Å²) in [6, 6.07) is 3.31. The maximum atomic E-state index is 8.86. The average Bonchev–Trinajstić information content (AvgIpc) is 2.20. The van der Waals surface area contributed by atoms with E-state index in [-0.39, 0.29) is 10.9 Å². The SMILES string of the molecule is CCCCC(=N)Cl.Cc1ncccc1O. The minimum atomic E-state index is 0.257. The molecular formula is C11H17ClN2O. The number of nitrogens with one attached hydrogen (secondary N) is 1. The summed E-state index contributed by atoms with van der Waals surface area (Å²) in [5.41, 5.74) is 0.674. The van der Waals surface area contributed by atoms with Crippen LogP contribution in [0.3, 0.4) is 0 Å². The number of aromatic hydroxyl groups is 1. The van der Waals surface area contributed by atoms with Crippen molar-refractivity contribution in [2.75, 3.05) is 0 Å². The number of aryl methyl sites for hydroxylation is 1. The first kappa shape index (κ1) is 13.9. The predicted molar refractivity (Wildman–Crippen MR) is 63.7 cm³/mol. The molecule has 0 radical (unpaired) electrons. The Bertz CT molecular complexity index is 281. The van der Waals surface area contributed by atoms with E-state index < -0.39 is 0 Å². The monoisotopic (exact) mass is 228 g/mol. The van der Waals surface area contributed by atoms with E-state index in [1.807, 2.05) is 0 Å². The molecule has 4 heteroatoms. The number of halogens is 1. The number of aromatic nitrogens is 1. The van der Waals surface area contributed by atoms with Crippen LogP contribution < -0.4 is 0 Å². The van der Waals surface area contributed by atoms with Gasteiger partial charge in [-0.05, 0) is 31.9 Å². The van der Waals surface area contributed by atoms with Gasteiger partial charge in [-0.2, -0.15) is 0 Å². The molecule has 0 bridgehead atoms. The second kappa shape index (κ2) is 8.24. The van der Waals surface area contributed by atoms with Crippen LogP contribution >= 0.6 is 11.6 Å². The Morgan fingerprint density at radius 2 is 2.27 bits per heavy atom. The van der Waals surface area contributed by atoms with Gasteiger partial charge in [0.15, 0.2) is 0 Å². The van der Waals surface area contributed by atoms with E-state index in [0.29, 0.717) is 5.69 Å². The fourth-order valence-electron chi connectivity index (χ4n) is 0.808.